The molecule has 31 heavy (non-hydrogen) atoms. The first-order valence-electron chi connectivity index (χ1n) is 10.8. The number of anilines is 1. The molecule has 0 N–H and O–H groups in total. The first-order valence-corrected chi connectivity index (χ1v) is 11.6. The molecule has 1 aromatic heterocycles. The van der Waals surface area contributed by atoms with Crippen LogP contribution < -0.4 is 4.90 Å². The summed E-state index contributed by atoms with van der Waals surface area (Å²) in [4.78, 5) is 27.8. The summed E-state index contributed by atoms with van der Waals surface area (Å²) in [6.45, 7) is 4.86. The molecule has 1 heterocycles. The Bertz CT molecular complexity index is 884. The maximum Gasteiger partial charge on any atom is 0.343 e. The van der Waals surface area contributed by atoms with Gasteiger partial charge in [-0.25, -0.2) is 4.79 Å². The van der Waals surface area contributed by atoms with Gasteiger partial charge in [-0.15, -0.1) is 0 Å². The second-order valence-corrected chi connectivity index (χ2v) is 8.91. The lowest BCUT2D eigenvalue weighted by molar-refractivity contribution is -0.123. The molecule has 1 fully saturated rings. The van der Waals surface area contributed by atoms with Gasteiger partial charge >= 0.3 is 5.97 Å². The van der Waals surface area contributed by atoms with E-state index in [2.05, 4.69) is 22.9 Å². The number of furan rings is 1. The number of esters is 1. The minimum atomic E-state index is -0.503. The highest BCUT2D eigenvalue weighted by Gasteiger charge is 2.33. The SMILES string of the molecule is CCOC(=O)c1cc(-c2ccc(Br)cc2)oc1N(CCOC)C(=O)C1CCC(C)CC1. The van der Waals surface area contributed by atoms with Gasteiger partial charge in [0.1, 0.15) is 11.3 Å². The third-order valence-electron chi connectivity index (χ3n) is 5.73. The summed E-state index contributed by atoms with van der Waals surface area (Å²) >= 11 is 3.43. The van der Waals surface area contributed by atoms with Crippen LogP contribution in [0.4, 0.5) is 5.88 Å². The molecule has 168 valence electrons. The smallest absolute Gasteiger partial charge is 0.343 e. The summed E-state index contributed by atoms with van der Waals surface area (Å²) in [5.41, 5.74) is 1.07. The number of hydrogen-bond acceptors (Lipinski definition) is 5. The summed E-state index contributed by atoms with van der Waals surface area (Å²) in [6, 6.07) is 9.25. The Morgan fingerprint density at radius 1 is 1.16 bits per heavy atom. The van der Waals surface area contributed by atoms with Crippen LogP contribution in [0, 0.1) is 11.8 Å². The highest BCUT2D eigenvalue weighted by molar-refractivity contribution is 9.10. The number of carbonyl (C=O) groups is 2. The van der Waals surface area contributed by atoms with Gasteiger partial charge in [0.2, 0.25) is 11.8 Å². The van der Waals surface area contributed by atoms with Crippen molar-refractivity contribution in [1.29, 1.82) is 0 Å². The van der Waals surface area contributed by atoms with Gasteiger partial charge in [-0.05, 0) is 50.7 Å². The van der Waals surface area contributed by atoms with E-state index >= 15 is 0 Å². The van der Waals surface area contributed by atoms with Gasteiger partial charge in [-0.3, -0.25) is 9.69 Å². The number of ether oxygens (including phenoxy) is 2. The summed E-state index contributed by atoms with van der Waals surface area (Å²) in [6.07, 6.45) is 3.75. The molecule has 0 atom stereocenters. The molecule has 0 unspecified atom stereocenters. The van der Waals surface area contributed by atoms with Crippen LogP contribution in [-0.4, -0.2) is 38.7 Å². The van der Waals surface area contributed by atoms with Crippen molar-refractivity contribution in [3.8, 4) is 11.3 Å². The first-order chi connectivity index (χ1) is 14.9. The second-order valence-electron chi connectivity index (χ2n) is 8.00. The van der Waals surface area contributed by atoms with E-state index in [1.54, 1.807) is 25.0 Å². The van der Waals surface area contributed by atoms with Crippen molar-refractivity contribution >= 4 is 33.7 Å². The molecule has 1 aliphatic carbocycles. The largest absolute Gasteiger partial charge is 0.462 e. The minimum Gasteiger partial charge on any atom is -0.462 e. The van der Waals surface area contributed by atoms with Gasteiger partial charge in [-0.1, -0.05) is 35.0 Å². The zero-order chi connectivity index (χ0) is 22.4. The average Bonchev–Trinajstić information content (AvgIpc) is 3.20. The minimum absolute atomic E-state index is 0.0220. The maximum absolute atomic E-state index is 13.5. The molecule has 0 saturated heterocycles. The molecule has 6 nitrogen and oxygen atoms in total. The molecule has 1 aromatic carbocycles. The van der Waals surface area contributed by atoms with E-state index in [1.165, 1.54) is 0 Å². The van der Waals surface area contributed by atoms with Crippen LogP contribution in [0.1, 0.15) is 49.9 Å². The van der Waals surface area contributed by atoms with E-state index in [0.717, 1.165) is 35.7 Å². The summed E-state index contributed by atoms with van der Waals surface area (Å²) in [5.74, 6) is 0.780. The molecule has 1 saturated carbocycles. The van der Waals surface area contributed by atoms with Gasteiger partial charge in [0.05, 0.1) is 19.8 Å². The van der Waals surface area contributed by atoms with Crippen molar-refractivity contribution in [1.82, 2.24) is 0 Å². The van der Waals surface area contributed by atoms with Crippen molar-refractivity contribution < 1.29 is 23.5 Å². The van der Waals surface area contributed by atoms with Crippen LogP contribution >= 0.6 is 15.9 Å². The summed E-state index contributed by atoms with van der Waals surface area (Å²) < 4.78 is 17.6. The van der Waals surface area contributed by atoms with Crippen LogP contribution in [0.5, 0.6) is 0 Å². The van der Waals surface area contributed by atoms with Crippen molar-refractivity contribution in [2.75, 3.05) is 31.8 Å². The number of carbonyl (C=O) groups excluding carboxylic acids is 2. The summed E-state index contributed by atoms with van der Waals surface area (Å²) in [5, 5.41) is 0. The van der Waals surface area contributed by atoms with Crippen LogP contribution in [0.15, 0.2) is 39.2 Å². The second kappa shape index (κ2) is 11.0. The number of amides is 1. The Balaban J connectivity index is 1.99. The number of rotatable bonds is 8. The maximum atomic E-state index is 13.5. The fraction of sp³-hybridized carbons (Fsp3) is 0.500. The standard InChI is InChI=1S/C24H30BrNO5/c1-4-30-24(28)20-15-21(17-9-11-19(25)12-10-17)31-23(20)26(13-14-29-3)22(27)18-7-5-16(2)6-8-18/h9-12,15-16,18H,4-8,13-14H2,1-3H3. The molecule has 3 rings (SSSR count). The van der Waals surface area contributed by atoms with Crippen LogP contribution in [0.3, 0.4) is 0 Å². The molecule has 2 aromatic rings. The quantitative estimate of drug-likeness (QED) is 0.443. The van der Waals surface area contributed by atoms with E-state index in [1.807, 2.05) is 24.3 Å². The first kappa shape index (κ1) is 23.5. The van der Waals surface area contributed by atoms with Crippen molar-refractivity contribution in [2.45, 2.75) is 39.5 Å². The third kappa shape index (κ3) is 5.77. The fourth-order valence-electron chi connectivity index (χ4n) is 3.92. The number of halogens is 1. The highest BCUT2D eigenvalue weighted by Crippen LogP contribution is 2.36. The topological polar surface area (TPSA) is 69.0 Å². The third-order valence-corrected chi connectivity index (χ3v) is 6.26. The van der Waals surface area contributed by atoms with E-state index in [0.29, 0.717) is 24.8 Å². The van der Waals surface area contributed by atoms with Gasteiger partial charge in [0, 0.05) is 29.1 Å². The monoisotopic (exact) mass is 491 g/mol. The molecule has 1 aliphatic rings. The normalized spacial score (nSPS) is 18.6. The predicted octanol–water partition coefficient (Wildman–Crippen LogP) is 5.69. The molecular weight excluding hydrogens is 462 g/mol. The van der Waals surface area contributed by atoms with Crippen molar-refractivity contribution in [2.24, 2.45) is 11.8 Å². The Labute approximate surface area is 192 Å². The van der Waals surface area contributed by atoms with Gasteiger partial charge in [0.25, 0.3) is 0 Å². The van der Waals surface area contributed by atoms with Crippen LogP contribution in [0.2, 0.25) is 0 Å². The molecule has 0 radical (unpaired) electrons. The molecular formula is C24H30BrNO5. The molecule has 0 bridgehead atoms. The lowest BCUT2D eigenvalue weighted by Crippen LogP contribution is -2.40. The number of methoxy groups -OCH3 is 1. The van der Waals surface area contributed by atoms with Gasteiger partial charge in [-0.2, -0.15) is 0 Å². The molecule has 7 heteroatoms. The van der Waals surface area contributed by atoms with Crippen molar-refractivity contribution in [3.05, 3.63) is 40.4 Å². The number of nitrogens with zero attached hydrogens (tertiary/aromatic N) is 1. The highest BCUT2D eigenvalue weighted by atomic mass is 79.9. The van der Waals surface area contributed by atoms with Crippen molar-refractivity contribution in [3.63, 3.8) is 0 Å². The number of hydrogen-bond donors (Lipinski definition) is 0. The van der Waals surface area contributed by atoms with E-state index in [-0.39, 0.29) is 29.9 Å². The van der Waals surface area contributed by atoms with E-state index in [4.69, 9.17) is 13.9 Å². The van der Waals surface area contributed by atoms with Crippen LogP contribution in [0.25, 0.3) is 11.3 Å². The van der Waals surface area contributed by atoms with Gasteiger partial charge in [0.15, 0.2) is 0 Å². The predicted molar refractivity (Wildman–Crippen MR) is 123 cm³/mol. The average molecular weight is 492 g/mol. The zero-order valence-electron chi connectivity index (χ0n) is 18.4. The molecule has 0 aliphatic heterocycles. The number of benzene rings is 1. The Kier molecular flexibility index (Phi) is 8.32. The van der Waals surface area contributed by atoms with E-state index in [9.17, 15) is 9.59 Å². The lowest BCUT2D eigenvalue weighted by atomic mass is 9.82. The Morgan fingerprint density at radius 2 is 1.84 bits per heavy atom. The zero-order valence-corrected chi connectivity index (χ0v) is 19.9. The van der Waals surface area contributed by atoms with Gasteiger partial charge < -0.3 is 13.9 Å². The Hall–Kier alpha value is -2.12. The Morgan fingerprint density at radius 3 is 2.45 bits per heavy atom. The lowest BCUT2D eigenvalue weighted by Gasteiger charge is -2.30. The summed E-state index contributed by atoms with van der Waals surface area (Å²) in [7, 11) is 1.59. The molecule has 1 amide bonds. The molecule has 0 spiro atoms. The van der Waals surface area contributed by atoms with Crippen LogP contribution in [-0.2, 0) is 14.3 Å². The fourth-order valence-corrected chi connectivity index (χ4v) is 4.18. The van der Waals surface area contributed by atoms with E-state index < -0.39 is 5.97 Å².